The van der Waals surface area contributed by atoms with Crippen molar-refractivity contribution in [3.63, 3.8) is 0 Å². The number of aliphatic carboxylic acids is 1. The van der Waals surface area contributed by atoms with E-state index in [1.165, 1.54) is 0 Å². The fourth-order valence-electron chi connectivity index (χ4n) is 2.63. The first kappa shape index (κ1) is 13.4. The van der Waals surface area contributed by atoms with Gasteiger partial charge in [-0.3, -0.25) is 9.59 Å². The molecule has 6 nitrogen and oxygen atoms in total. The number of amides is 1. The smallest absolute Gasteiger partial charge is 0.306 e. The van der Waals surface area contributed by atoms with E-state index in [0.717, 1.165) is 16.9 Å². The molecule has 1 aliphatic rings. The van der Waals surface area contributed by atoms with Crippen molar-refractivity contribution in [2.45, 2.75) is 19.3 Å². The van der Waals surface area contributed by atoms with Gasteiger partial charge in [-0.2, -0.15) is 5.10 Å². The second kappa shape index (κ2) is 5.05. The highest BCUT2D eigenvalue weighted by Gasteiger charge is 2.26. The third-order valence-electron chi connectivity index (χ3n) is 3.84. The zero-order valence-corrected chi connectivity index (χ0v) is 11.3. The maximum Gasteiger partial charge on any atom is 0.306 e. The van der Waals surface area contributed by atoms with Gasteiger partial charge in [0.05, 0.1) is 17.3 Å². The van der Waals surface area contributed by atoms with Crippen LogP contribution in [0.5, 0.6) is 0 Å². The Hall–Kier alpha value is -2.63. The van der Waals surface area contributed by atoms with Gasteiger partial charge in [-0.15, -0.1) is 0 Å². The van der Waals surface area contributed by atoms with Crippen LogP contribution < -0.4 is 5.73 Å². The molecular formula is C15H15N3O3. The summed E-state index contributed by atoms with van der Waals surface area (Å²) in [7, 11) is 0. The second-order valence-electron chi connectivity index (χ2n) is 5.23. The number of hydrogen-bond acceptors (Lipinski definition) is 3. The summed E-state index contributed by atoms with van der Waals surface area (Å²) in [6, 6.07) is 6.84. The van der Waals surface area contributed by atoms with Gasteiger partial charge in [0, 0.05) is 11.8 Å². The minimum Gasteiger partial charge on any atom is -0.481 e. The van der Waals surface area contributed by atoms with Gasteiger partial charge in [-0.25, -0.2) is 4.68 Å². The predicted molar refractivity (Wildman–Crippen MR) is 75.2 cm³/mol. The lowest BCUT2D eigenvalue weighted by atomic mass is 9.88. The Balaban J connectivity index is 1.88. The minimum atomic E-state index is -0.751. The fraction of sp³-hybridized carbons (Fsp3) is 0.267. The molecule has 1 aliphatic carbocycles. The number of aryl methyl sites for hydroxylation is 1. The van der Waals surface area contributed by atoms with E-state index in [1.54, 1.807) is 28.9 Å². The number of rotatable bonds is 3. The van der Waals surface area contributed by atoms with Crippen LogP contribution in [0.15, 0.2) is 30.5 Å². The van der Waals surface area contributed by atoms with Crippen molar-refractivity contribution >= 4 is 11.9 Å². The van der Waals surface area contributed by atoms with E-state index in [-0.39, 0.29) is 5.92 Å². The number of nitrogens with zero attached hydrogens (tertiary/aromatic N) is 2. The van der Waals surface area contributed by atoms with E-state index >= 15 is 0 Å². The van der Waals surface area contributed by atoms with Gasteiger partial charge in [-0.05, 0) is 49.1 Å². The Bertz CT molecular complexity index is 703. The second-order valence-corrected chi connectivity index (χ2v) is 5.23. The highest BCUT2D eigenvalue weighted by atomic mass is 16.4. The number of benzene rings is 1. The van der Waals surface area contributed by atoms with Crippen molar-refractivity contribution in [2.75, 3.05) is 0 Å². The van der Waals surface area contributed by atoms with Crippen LogP contribution in [0.3, 0.4) is 0 Å². The summed E-state index contributed by atoms with van der Waals surface area (Å²) in [5.74, 6) is -1.54. The largest absolute Gasteiger partial charge is 0.481 e. The zero-order valence-electron chi connectivity index (χ0n) is 11.3. The molecule has 1 atom stereocenters. The summed E-state index contributed by atoms with van der Waals surface area (Å²) in [5, 5.41) is 13.6. The SMILES string of the molecule is NC(=O)c1ccc(-n2cc3c(n2)CCC(C(=O)O)C3)cc1. The molecule has 0 bridgehead atoms. The van der Waals surface area contributed by atoms with Crippen LogP contribution in [0.2, 0.25) is 0 Å². The average molecular weight is 285 g/mol. The van der Waals surface area contributed by atoms with E-state index in [9.17, 15) is 9.59 Å². The third kappa shape index (κ3) is 2.52. The molecule has 21 heavy (non-hydrogen) atoms. The van der Waals surface area contributed by atoms with Crippen LogP contribution in [-0.2, 0) is 17.6 Å². The van der Waals surface area contributed by atoms with Crippen molar-refractivity contribution in [3.8, 4) is 5.69 Å². The Morgan fingerprint density at radius 3 is 2.62 bits per heavy atom. The fourth-order valence-corrected chi connectivity index (χ4v) is 2.63. The predicted octanol–water partition coefficient (Wildman–Crippen LogP) is 1.16. The Morgan fingerprint density at radius 2 is 2.00 bits per heavy atom. The van der Waals surface area contributed by atoms with Gasteiger partial charge in [0.1, 0.15) is 0 Å². The molecule has 2 aromatic rings. The lowest BCUT2D eigenvalue weighted by Gasteiger charge is -2.16. The molecule has 0 saturated carbocycles. The summed E-state index contributed by atoms with van der Waals surface area (Å²) >= 11 is 0. The minimum absolute atomic E-state index is 0.326. The maximum absolute atomic E-state index is 11.1. The number of carboxylic acids is 1. The maximum atomic E-state index is 11.1. The summed E-state index contributed by atoms with van der Waals surface area (Å²) < 4.78 is 1.72. The average Bonchev–Trinajstić information content (AvgIpc) is 2.90. The number of primary amides is 1. The Morgan fingerprint density at radius 1 is 1.29 bits per heavy atom. The standard InChI is InChI=1S/C15H15N3O3/c16-14(19)9-1-4-12(5-2-9)18-8-11-7-10(15(20)21)3-6-13(11)17-18/h1-2,4-5,8,10H,3,6-7H2,(H2,16,19)(H,20,21). The van der Waals surface area contributed by atoms with E-state index in [0.29, 0.717) is 24.8 Å². The van der Waals surface area contributed by atoms with Gasteiger partial charge in [0.2, 0.25) is 5.91 Å². The molecule has 3 N–H and O–H groups in total. The van der Waals surface area contributed by atoms with Crippen LogP contribution in [0.25, 0.3) is 5.69 Å². The first-order chi connectivity index (χ1) is 10.0. The number of nitrogens with two attached hydrogens (primary N) is 1. The van der Waals surface area contributed by atoms with Gasteiger partial charge in [0.15, 0.2) is 0 Å². The summed E-state index contributed by atoms with van der Waals surface area (Å²) in [6.45, 7) is 0. The number of hydrogen-bond donors (Lipinski definition) is 2. The van der Waals surface area contributed by atoms with Crippen LogP contribution in [0.4, 0.5) is 0 Å². The quantitative estimate of drug-likeness (QED) is 0.884. The monoisotopic (exact) mass is 285 g/mol. The molecule has 0 saturated heterocycles. The summed E-state index contributed by atoms with van der Waals surface area (Å²) in [6.07, 6.45) is 3.69. The molecule has 0 spiro atoms. The summed E-state index contributed by atoms with van der Waals surface area (Å²) in [5.41, 5.74) is 8.40. The van der Waals surface area contributed by atoms with E-state index in [4.69, 9.17) is 10.8 Å². The molecule has 0 radical (unpaired) electrons. The Labute approximate surface area is 121 Å². The van der Waals surface area contributed by atoms with Crippen LogP contribution in [0.1, 0.15) is 28.0 Å². The molecule has 1 aromatic heterocycles. The topological polar surface area (TPSA) is 98.2 Å². The molecule has 1 heterocycles. The van der Waals surface area contributed by atoms with Gasteiger partial charge >= 0.3 is 5.97 Å². The Kier molecular flexibility index (Phi) is 3.21. The van der Waals surface area contributed by atoms with E-state index < -0.39 is 11.9 Å². The van der Waals surface area contributed by atoms with Gasteiger partial charge < -0.3 is 10.8 Å². The van der Waals surface area contributed by atoms with Crippen molar-refractivity contribution in [1.29, 1.82) is 0 Å². The molecule has 1 unspecified atom stereocenters. The van der Waals surface area contributed by atoms with Crippen molar-refractivity contribution in [1.82, 2.24) is 9.78 Å². The van der Waals surface area contributed by atoms with Crippen molar-refractivity contribution in [3.05, 3.63) is 47.3 Å². The zero-order chi connectivity index (χ0) is 15.0. The number of carbonyl (C=O) groups is 2. The normalized spacial score (nSPS) is 17.2. The van der Waals surface area contributed by atoms with Crippen LogP contribution >= 0.6 is 0 Å². The third-order valence-corrected chi connectivity index (χ3v) is 3.84. The van der Waals surface area contributed by atoms with E-state index in [2.05, 4.69) is 5.10 Å². The molecule has 108 valence electrons. The molecule has 1 aromatic carbocycles. The van der Waals surface area contributed by atoms with Gasteiger partial charge in [-0.1, -0.05) is 0 Å². The molecule has 0 aliphatic heterocycles. The molecule has 3 rings (SSSR count). The van der Waals surface area contributed by atoms with Crippen LogP contribution in [-0.4, -0.2) is 26.8 Å². The summed E-state index contributed by atoms with van der Waals surface area (Å²) in [4.78, 5) is 22.1. The number of carbonyl (C=O) groups excluding carboxylic acids is 1. The van der Waals surface area contributed by atoms with E-state index in [1.807, 2.05) is 6.20 Å². The highest BCUT2D eigenvalue weighted by Crippen LogP contribution is 2.25. The lowest BCUT2D eigenvalue weighted by molar-refractivity contribution is -0.142. The molecule has 0 fully saturated rings. The van der Waals surface area contributed by atoms with Crippen molar-refractivity contribution in [2.24, 2.45) is 11.7 Å². The number of carboxylic acid groups (broad SMARTS) is 1. The number of aromatic nitrogens is 2. The van der Waals surface area contributed by atoms with Crippen LogP contribution in [0, 0.1) is 5.92 Å². The first-order valence-electron chi connectivity index (χ1n) is 6.75. The van der Waals surface area contributed by atoms with Gasteiger partial charge in [0.25, 0.3) is 0 Å². The lowest BCUT2D eigenvalue weighted by Crippen LogP contribution is -2.21. The molecule has 1 amide bonds. The molecule has 6 heteroatoms. The number of fused-ring (bicyclic) bond motifs is 1. The first-order valence-corrected chi connectivity index (χ1v) is 6.75. The highest BCUT2D eigenvalue weighted by molar-refractivity contribution is 5.92. The molecular weight excluding hydrogens is 270 g/mol. The van der Waals surface area contributed by atoms with Crippen molar-refractivity contribution < 1.29 is 14.7 Å².